The third-order valence-corrected chi connectivity index (χ3v) is 5.23. The maximum Gasteiger partial charge on any atom is 0.260 e. The van der Waals surface area contributed by atoms with Crippen LogP contribution >= 0.6 is 0 Å². The number of benzene rings is 2. The highest BCUT2D eigenvalue weighted by molar-refractivity contribution is 5.79. The topological polar surface area (TPSA) is 67.9 Å². The number of piperidine rings is 1. The highest BCUT2D eigenvalue weighted by Crippen LogP contribution is 2.21. The minimum Gasteiger partial charge on any atom is -0.484 e. The number of ether oxygens (including phenoxy) is 2. The molecule has 0 unspecified atom stereocenters. The summed E-state index contributed by atoms with van der Waals surface area (Å²) in [7, 11) is 0. The van der Waals surface area contributed by atoms with E-state index in [0.29, 0.717) is 18.8 Å². The summed E-state index contributed by atoms with van der Waals surface area (Å²) < 4.78 is 11.2. The van der Waals surface area contributed by atoms with E-state index in [1.807, 2.05) is 62.4 Å². The second kappa shape index (κ2) is 9.96. The summed E-state index contributed by atoms with van der Waals surface area (Å²) in [6.45, 7) is 5.26. The molecule has 1 aliphatic rings. The summed E-state index contributed by atoms with van der Waals surface area (Å²) in [6.07, 6.45) is 1.46. The maximum atomic E-state index is 12.4. The highest BCUT2D eigenvalue weighted by Gasteiger charge is 2.24. The van der Waals surface area contributed by atoms with Gasteiger partial charge in [0.05, 0.1) is 0 Å². The van der Waals surface area contributed by atoms with E-state index >= 15 is 0 Å². The SMILES string of the molecule is Cc1cccc(OCC(=O)N2CCC(NC(=O)COc3ccccc3)CC2)c1C. The molecule has 0 spiro atoms. The van der Waals surface area contributed by atoms with E-state index in [1.165, 1.54) is 0 Å². The smallest absolute Gasteiger partial charge is 0.260 e. The van der Waals surface area contributed by atoms with Gasteiger partial charge in [0.1, 0.15) is 11.5 Å². The lowest BCUT2D eigenvalue weighted by Gasteiger charge is -2.32. The van der Waals surface area contributed by atoms with Gasteiger partial charge in [0, 0.05) is 19.1 Å². The van der Waals surface area contributed by atoms with Crippen molar-refractivity contribution in [3.63, 3.8) is 0 Å². The van der Waals surface area contributed by atoms with Crippen LogP contribution in [0.15, 0.2) is 48.5 Å². The van der Waals surface area contributed by atoms with Gasteiger partial charge >= 0.3 is 0 Å². The molecule has 6 nitrogen and oxygen atoms in total. The van der Waals surface area contributed by atoms with Gasteiger partial charge in [-0.1, -0.05) is 30.3 Å². The Morgan fingerprint density at radius 3 is 2.41 bits per heavy atom. The summed E-state index contributed by atoms with van der Waals surface area (Å²) in [5.74, 6) is 1.26. The molecule has 1 N–H and O–H groups in total. The summed E-state index contributed by atoms with van der Waals surface area (Å²) in [5.41, 5.74) is 2.20. The van der Waals surface area contributed by atoms with Crippen molar-refractivity contribution in [2.45, 2.75) is 32.7 Å². The first-order valence-electron chi connectivity index (χ1n) is 9.97. The molecule has 1 aliphatic heterocycles. The van der Waals surface area contributed by atoms with Crippen LogP contribution in [-0.4, -0.2) is 49.1 Å². The minimum absolute atomic E-state index is 0.00710. The molecule has 2 amide bonds. The molecule has 0 aromatic heterocycles. The largest absolute Gasteiger partial charge is 0.484 e. The molecular formula is C23H28N2O4. The van der Waals surface area contributed by atoms with Crippen LogP contribution in [0.1, 0.15) is 24.0 Å². The number of likely N-dealkylation sites (tertiary alicyclic amines) is 1. The number of nitrogens with one attached hydrogen (secondary N) is 1. The van der Waals surface area contributed by atoms with Crippen molar-refractivity contribution in [2.75, 3.05) is 26.3 Å². The summed E-state index contributed by atoms with van der Waals surface area (Å²) in [4.78, 5) is 26.3. The normalized spacial score (nSPS) is 14.3. The molecule has 2 aromatic carbocycles. The fourth-order valence-corrected chi connectivity index (χ4v) is 3.32. The first-order chi connectivity index (χ1) is 14.0. The van der Waals surface area contributed by atoms with Gasteiger partial charge in [0.2, 0.25) is 0 Å². The Morgan fingerprint density at radius 1 is 0.966 bits per heavy atom. The summed E-state index contributed by atoms with van der Waals surface area (Å²) >= 11 is 0. The zero-order chi connectivity index (χ0) is 20.6. The van der Waals surface area contributed by atoms with E-state index < -0.39 is 0 Å². The number of rotatable bonds is 7. The molecule has 2 aromatic rings. The molecule has 0 bridgehead atoms. The Morgan fingerprint density at radius 2 is 1.69 bits per heavy atom. The quantitative estimate of drug-likeness (QED) is 0.782. The molecule has 3 rings (SSSR count). The first kappa shape index (κ1) is 20.7. The van der Waals surface area contributed by atoms with Crippen molar-refractivity contribution in [1.29, 1.82) is 0 Å². The molecule has 0 aliphatic carbocycles. The highest BCUT2D eigenvalue weighted by atomic mass is 16.5. The fraction of sp³-hybridized carbons (Fsp3) is 0.391. The minimum atomic E-state index is -0.142. The average molecular weight is 396 g/mol. The Bertz CT molecular complexity index is 830. The van der Waals surface area contributed by atoms with Crippen molar-refractivity contribution >= 4 is 11.8 Å². The molecule has 29 heavy (non-hydrogen) atoms. The fourth-order valence-electron chi connectivity index (χ4n) is 3.32. The van der Waals surface area contributed by atoms with Gasteiger partial charge in [0.25, 0.3) is 11.8 Å². The van der Waals surface area contributed by atoms with E-state index in [1.54, 1.807) is 4.90 Å². The zero-order valence-corrected chi connectivity index (χ0v) is 17.0. The van der Waals surface area contributed by atoms with Gasteiger partial charge in [-0.2, -0.15) is 0 Å². The van der Waals surface area contributed by atoms with Crippen LogP contribution in [0.4, 0.5) is 0 Å². The predicted octanol–water partition coefficient (Wildman–Crippen LogP) is 2.87. The van der Waals surface area contributed by atoms with Crippen LogP contribution < -0.4 is 14.8 Å². The number of carbonyl (C=O) groups excluding carboxylic acids is 2. The van der Waals surface area contributed by atoms with Gasteiger partial charge in [-0.3, -0.25) is 9.59 Å². The second-order valence-corrected chi connectivity index (χ2v) is 7.31. The number of amides is 2. The van der Waals surface area contributed by atoms with Gasteiger partial charge in [-0.25, -0.2) is 0 Å². The van der Waals surface area contributed by atoms with Crippen molar-refractivity contribution in [3.05, 3.63) is 59.7 Å². The van der Waals surface area contributed by atoms with E-state index in [0.717, 1.165) is 29.7 Å². The molecule has 0 atom stereocenters. The van der Waals surface area contributed by atoms with Gasteiger partial charge < -0.3 is 19.7 Å². The second-order valence-electron chi connectivity index (χ2n) is 7.31. The van der Waals surface area contributed by atoms with E-state index in [2.05, 4.69) is 5.32 Å². The summed E-state index contributed by atoms with van der Waals surface area (Å²) in [6, 6.07) is 15.2. The molecular weight excluding hydrogens is 368 g/mol. The number of hydrogen-bond acceptors (Lipinski definition) is 4. The van der Waals surface area contributed by atoms with Gasteiger partial charge in [0.15, 0.2) is 13.2 Å². The van der Waals surface area contributed by atoms with Crippen LogP contribution in [0.3, 0.4) is 0 Å². The molecule has 1 fully saturated rings. The van der Waals surface area contributed by atoms with Crippen molar-refractivity contribution in [2.24, 2.45) is 0 Å². The molecule has 154 valence electrons. The number of nitrogens with zero attached hydrogens (tertiary/aromatic N) is 1. The van der Waals surface area contributed by atoms with Crippen LogP contribution in [0.5, 0.6) is 11.5 Å². The van der Waals surface area contributed by atoms with E-state index in [4.69, 9.17) is 9.47 Å². The number of carbonyl (C=O) groups is 2. The molecule has 0 radical (unpaired) electrons. The van der Waals surface area contributed by atoms with Crippen molar-refractivity contribution in [3.8, 4) is 11.5 Å². The van der Waals surface area contributed by atoms with Crippen LogP contribution in [0.2, 0.25) is 0 Å². The number of hydrogen-bond donors (Lipinski definition) is 1. The Labute approximate surface area is 171 Å². The Kier molecular flexibility index (Phi) is 7.11. The average Bonchev–Trinajstić information content (AvgIpc) is 2.74. The van der Waals surface area contributed by atoms with Crippen molar-refractivity contribution < 1.29 is 19.1 Å². The van der Waals surface area contributed by atoms with Crippen LogP contribution in [0.25, 0.3) is 0 Å². The lowest BCUT2D eigenvalue weighted by atomic mass is 10.0. The van der Waals surface area contributed by atoms with Gasteiger partial charge in [-0.05, 0) is 56.0 Å². The first-order valence-corrected chi connectivity index (χ1v) is 9.97. The maximum absolute atomic E-state index is 12.4. The molecule has 1 heterocycles. The number of aryl methyl sites for hydroxylation is 1. The van der Waals surface area contributed by atoms with E-state index in [9.17, 15) is 9.59 Å². The monoisotopic (exact) mass is 396 g/mol. The predicted molar refractivity (Wildman–Crippen MR) is 111 cm³/mol. The van der Waals surface area contributed by atoms with Crippen LogP contribution in [-0.2, 0) is 9.59 Å². The Balaban J connectivity index is 1.37. The lowest BCUT2D eigenvalue weighted by molar-refractivity contribution is -0.134. The van der Waals surface area contributed by atoms with Crippen molar-refractivity contribution in [1.82, 2.24) is 10.2 Å². The third kappa shape index (κ3) is 5.98. The standard InChI is InChI=1S/C23H28N2O4/c1-17-7-6-10-21(18(17)2)29-16-23(27)25-13-11-19(12-14-25)24-22(26)15-28-20-8-4-3-5-9-20/h3-10,19H,11-16H2,1-2H3,(H,24,26). The van der Waals surface area contributed by atoms with Gasteiger partial charge in [-0.15, -0.1) is 0 Å². The zero-order valence-electron chi connectivity index (χ0n) is 17.0. The number of para-hydroxylation sites is 1. The Hall–Kier alpha value is -3.02. The van der Waals surface area contributed by atoms with E-state index in [-0.39, 0.29) is 31.1 Å². The molecule has 6 heteroatoms. The molecule has 0 saturated carbocycles. The lowest BCUT2D eigenvalue weighted by Crippen LogP contribution is -2.48. The summed E-state index contributed by atoms with van der Waals surface area (Å²) in [5, 5.41) is 2.99. The van der Waals surface area contributed by atoms with Crippen LogP contribution in [0, 0.1) is 13.8 Å². The molecule has 1 saturated heterocycles. The third-order valence-electron chi connectivity index (χ3n) is 5.23.